The Morgan fingerprint density at radius 3 is 2.44 bits per heavy atom. The fourth-order valence-electron chi connectivity index (χ4n) is 5.60. The second-order valence-corrected chi connectivity index (χ2v) is 11.1. The number of fused-ring (bicyclic) bond motifs is 1. The minimum atomic E-state index is -4.87. The second kappa shape index (κ2) is 15.2. The maximum Gasteiger partial charge on any atom is 0.419 e. The lowest BCUT2D eigenvalue weighted by atomic mass is 10.0. The van der Waals surface area contributed by atoms with Crippen LogP contribution < -0.4 is 15.6 Å². The van der Waals surface area contributed by atoms with Gasteiger partial charge in [-0.2, -0.15) is 13.2 Å². The Hall–Kier alpha value is -5.10. The van der Waals surface area contributed by atoms with Crippen molar-refractivity contribution in [3.63, 3.8) is 0 Å². The highest BCUT2D eigenvalue weighted by Gasteiger charge is 2.35. The van der Waals surface area contributed by atoms with Crippen LogP contribution in [0.1, 0.15) is 42.0 Å². The summed E-state index contributed by atoms with van der Waals surface area (Å²) in [5, 5.41) is 3.49. The molecule has 0 radical (unpaired) electrons. The van der Waals surface area contributed by atoms with Crippen LogP contribution >= 0.6 is 0 Å². The molecule has 0 spiro atoms. The molecular formula is C36H35F4N5O3. The number of ether oxygens (including phenoxy) is 1. The van der Waals surface area contributed by atoms with Crippen LogP contribution in [0.3, 0.4) is 0 Å². The fraction of sp³-hybridized carbons (Fsp3) is 0.278. The first-order valence-corrected chi connectivity index (χ1v) is 15.5. The molecular weight excluding hydrogens is 626 g/mol. The quantitative estimate of drug-likeness (QED) is 0.149. The molecule has 12 heteroatoms. The van der Waals surface area contributed by atoms with Gasteiger partial charge in [0, 0.05) is 24.9 Å². The van der Waals surface area contributed by atoms with E-state index >= 15 is 0 Å². The number of amides is 1. The van der Waals surface area contributed by atoms with Gasteiger partial charge < -0.3 is 15.0 Å². The Kier molecular flexibility index (Phi) is 10.8. The molecule has 2 heterocycles. The SMILES string of the molecule is CCOc1ccc(-n2c(C(CCNC)N(CCc3ccccn3)C(=O)Cc3ccc(C(F)(F)F)c(F)c3)nc3ccccc3c2=O)cc1. The summed E-state index contributed by atoms with van der Waals surface area (Å²) < 4.78 is 61.4. The number of hydrogen-bond acceptors (Lipinski definition) is 6. The predicted molar refractivity (Wildman–Crippen MR) is 175 cm³/mol. The highest BCUT2D eigenvalue weighted by molar-refractivity contribution is 5.80. The van der Waals surface area contributed by atoms with E-state index in [-0.39, 0.29) is 24.1 Å². The number of aromatic nitrogens is 3. The second-order valence-electron chi connectivity index (χ2n) is 11.1. The maximum absolute atomic E-state index is 14.5. The smallest absolute Gasteiger partial charge is 0.419 e. The molecule has 5 aromatic rings. The molecule has 1 atom stereocenters. The largest absolute Gasteiger partial charge is 0.494 e. The van der Waals surface area contributed by atoms with Crippen LogP contribution in [0.4, 0.5) is 17.6 Å². The summed E-state index contributed by atoms with van der Waals surface area (Å²) in [5.41, 5.74) is -0.00707. The minimum absolute atomic E-state index is 0.0797. The molecule has 3 aromatic carbocycles. The maximum atomic E-state index is 14.5. The van der Waals surface area contributed by atoms with E-state index in [0.717, 1.165) is 12.1 Å². The molecule has 48 heavy (non-hydrogen) atoms. The number of halogens is 4. The number of para-hydroxylation sites is 1. The summed E-state index contributed by atoms with van der Waals surface area (Å²) in [6.07, 6.45) is -2.95. The van der Waals surface area contributed by atoms with E-state index in [0.29, 0.717) is 65.9 Å². The summed E-state index contributed by atoms with van der Waals surface area (Å²) in [5.74, 6) is -1.02. The topological polar surface area (TPSA) is 89.3 Å². The number of alkyl halides is 3. The third kappa shape index (κ3) is 7.88. The van der Waals surface area contributed by atoms with Crippen molar-refractivity contribution in [3.8, 4) is 11.4 Å². The Labute approximate surface area is 275 Å². The van der Waals surface area contributed by atoms with Crippen LogP contribution in [0.15, 0.2) is 95.9 Å². The van der Waals surface area contributed by atoms with Crippen LogP contribution in [-0.2, 0) is 23.8 Å². The zero-order chi connectivity index (χ0) is 34.3. The molecule has 5 rings (SSSR count). The molecule has 0 saturated carbocycles. The van der Waals surface area contributed by atoms with Crippen LogP contribution in [0, 0.1) is 5.82 Å². The molecule has 0 bridgehead atoms. The zero-order valence-corrected chi connectivity index (χ0v) is 26.5. The highest BCUT2D eigenvalue weighted by atomic mass is 19.4. The highest BCUT2D eigenvalue weighted by Crippen LogP contribution is 2.32. The van der Waals surface area contributed by atoms with Gasteiger partial charge in [-0.15, -0.1) is 0 Å². The lowest BCUT2D eigenvalue weighted by Crippen LogP contribution is -2.41. The Morgan fingerprint density at radius 2 is 1.77 bits per heavy atom. The standard InChI is InChI=1S/C36H35F4N5O3/c1-3-48-27-14-12-26(13-15-27)45-34(43-31-10-5-4-9-28(31)35(45)47)32(17-20-41-2)44(21-18-25-8-6-7-19-42-25)33(46)23-24-11-16-29(30(37)22-24)36(38,39)40/h4-16,19,22,32,41H,3,17-18,20-21,23H2,1-2H3. The molecule has 1 N–H and O–H groups in total. The van der Waals surface area contributed by atoms with Crippen molar-refractivity contribution < 1.29 is 27.1 Å². The average Bonchev–Trinajstić information content (AvgIpc) is 3.07. The monoisotopic (exact) mass is 661 g/mol. The molecule has 0 saturated heterocycles. The lowest BCUT2D eigenvalue weighted by molar-refractivity contribution is -0.140. The third-order valence-electron chi connectivity index (χ3n) is 7.90. The molecule has 8 nitrogen and oxygen atoms in total. The first-order valence-electron chi connectivity index (χ1n) is 15.5. The van der Waals surface area contributed by atoms with E-state index in [2.05, 4.69) is 10.3 Å². The van der Waals surface area contributed by atoms with Crippen molar-refractivity contribution in [2.24, 2.45) is 0 Å². The number of carbonyl (C=O) groups is 1. The van der Waals surface area contributed by atoms with Crippen LogP contribution in [0.5, 0.6) is 5.75 Å². The molecule has 1 amide bonds. The van der Waals surface area contributed by atoms with Crippen molar-refractivity contribution in [3.05, 3.63) is 130 Å². The minimum Gasteiger partial charge on any atom is -0.494 e. The molecule has 250 valence electrons. The van der Waals surface area contributed by atoms with Gasteiger partial charge in [0.25, 0.3) is 5.56 Å². The number of nitrogens with zero attached hydrogens (tertiary/aromatic N) is 4. The summed E-state index contributed by atoms with van der Waals surface area (Å²) in [6.45, 7) is 2.90. The first-order chi connectivity index (χ1) is 23.1. The molecule has 2 aromatic heterocycles. The van der Waals surface area contributed by atoms with E-state index < -0.39 is 29.5 Å². The van der Waals surface area contributed by atoms with Crippen molar-refractivity contribution in [1.82, 2.24) is 24.8 Å². The van der Waals surface area contributed by atoms with E-state index in [1.54, 1.807) is 72.7 Å². The number of hydrogen-bond donors (Lipinski definition) is 1. The Morgan fingerprint density at radius 1 is 1.02 bits per heavy atom. The van der Waals surface area contributed by atoms with Crippen molar-refractivity contribution in [2.75, 3.05) is 26.7 Å². The van der Waals surface area contributed by atoms with Crippen LogP contribution in [0.2, 0.25) is 0 Å². The Balaban J connectivity index is 1.64. The van der Waals surface area contributed by atoms with E-state index in [4.69, 9.17) is 9.72 Å². The molecule has 0 aliphatic carbocycles. The van der Waals surface area contributed by atoms with E-state index in [1.807, 2.05) is 19.1 Å². The van der Waals surface area contributed by atoms with Gasteiger partial charge in [-0.25, -0.2) is 9.37 Å². The van der Waals surface area contributed by atoms with Gasteiger partial charge in [-0.05, 0) is 93.2 Å². The van der Waals surface area contributed by atoms with Crippen molar-refractivity contribution in [2.45, 2.75) is 38.4 Å². The Bertz CT molecular complexity index is 1910. The summed E-state index contributed by atoms with van der Waals surface area (Å²) in [7, 11) is 1.76. The number of nitrogens with one attached hydrogen (secondary N) is 1. The van der Waals surface area contributed by atoms with Gasteiger partial charge in [0.15, 0.2) is 0 Å². The number of benzene rings is 3. The first kappa shape index (κ1) is 34.2. The summed E-state index contributed by atoms with van der Waals surface area (Å²) in [4.78, 5) is 39.3. The number of carbonyl (C=O) groups excluding carboxylic acids is 1. The van der Waals surface area contributed by atoms with Gasteiger partial charge in [0.1, 0.15) is 17.4 Å². The van der Waals surface area contributed by atoms with Gasteiger partial charge in [-0.3, -0.25) is 19.1 Å². The van der Waals surface area contributed by atoms with Gasteiger partial charge in [0.2, 0.25) is 5.91 Å². The van der Waals surface area contributed by atoms with Gasteiger partial charge in [0.05, 0.1) is 41.2 Å². The molecule has 0 aliphatic heterocycles. The summed E-state index contributed by atoms with van der Waals surface area (Å²) >= 11 is 0. The number of rotatable bonds is 13. The zero-order valence-electron chi connectivity index (χ0n) is 26.5. The predicted octanol–water partition coefficient (Wildman–Crippen LogP) is 6.30. The van der Waals surface area contributed by atoms with Crippen molar-refractivity contribution >= 4 is 16.8 Å². The van der Waals surface area contributed by atoms with E-state index in [9.17, 15) is 27.2 Å². The average molecular weight is 662 g/mol. The molecule has 0 fully saturated rings. The fourth-order valence-corrected chi connectivity index (χ4v) is 5.60. The summed E-state index contributed by atoms with van der Waals surface area (Å²) in [6, 6.07) is 21.0. The van der Waals surface area contributed by atoms with E-state index in [1.165, 1.54) is 4.57 Å². The van der Waals surface area contributed by atoms with Crippen LogP contribution in [-0.4, -0.2) is 52.1 Å². The van der Waals surface area contributed by atoms with Gasteiger partial charge >= 0.3 is 6.18 Å². The lowest BCUT2D eigenvalue weighted by Gasteiger charge is -2.33. The molecule has 0 aliphatic rings. The van der Waals surface area contributed by atoms with Crippen molar-refractivity contribution in [1.29, 1.82) is 0 Å². The normalized spacial score (nSPS) is 12.2. The third-order valence-corrected chi connectivity index (χ3v) is 7.90. The number of pyridine rings is 1. The van der Waals surface area contributed by atoms with Crippen LogP contribution in [0.25, 0.3) is 16.6 Å². The van der Waals surface area contributed by atoms with Gasteiger partial charge in [-0.1, -0.05) is 24.3 Å². The molecule has 1 unspecified atom stereocenters.